The van der Waals surface area contributed by atoms with Crippen LogP contribution in [0.15, 0.2) is 30.7 Å². The molecule has 1 saturated heterocycles. The number of nitrogens with zero attached hydrogens (tertiary/aromatic N) is 4. The van der Waals surface area contributed by atoms with Crippen LogP contribution in [0.1, 0.15) is 22.3 Å². The summed E-state index contributed by atoms with van der Waals surface area (Å²) in [5.41, 5.74) is 11.8. The average Bonchev–Trinajstić information content (AvgIpc) is 3.36. The van der Waals surface area contributed by atoms with Gasteiger partial charge in [-0.3, -0.25) is 14.5 Å². The van der Waals surface area contributed by atoms with E-state index in [-0.39, 0.29) is 59.1 Å². The maximum Gasteiger partial charge on any atom is 0.251 e. The van der Waals surface area contributed by atoms with E-state index in [9.17, 15) is 23.5 Å². The SMILES string of the molecule is NC(=O)c1cn(CC(O)N2C[C@H](F)C[C@H]2C(=O)NCc2cccc(Cl)c2F)c2ncnc(N)c12. The molecule has 4 rings (SSSR count). The minimum absolute atomic E-state index is 0.0440. The quantitative estimate of drug-likeness (QED) is 0.382. The topological polar surface area (TPSA) is 152 Å². The molecule has 1 unspecified atom stereocenters. The third kappa shape index (κ3) is 4.52. The van der Waals surface area contributed by atoms with Crippen LogP contribution < -0.4 is 16.8 Å². The summed E-state index contributed by atoms with van der Waals surface area (Å²) in [5, 5.41) is 13.6. The summed E-state index contributed by atoms with van der Waals surface area (Å²) in [6.07, 6.45) is -0.235. The van der Waals surface area contributed by atoms with E-state index in [2.05, 4.69) is 15.3 Å². The Morgan fingerprint density at radius 1 is 1.35 bits per heavy atom. The van der Waals surface area contributed by atoms with Crippen molar-refractivity contribution < 1.29 is 23.5 Å². The number of halogens is 3. The highest BCUT2D eigenvalue weighted by atomic mass is 35.5. The fourth-order valence-electron chi connectivity index (χ4n) is 4.13. The molecule has 3 atom stereocenters. The summed E-state index contributed by atoms with van der Waals surface area (Å²) in [4.78, 5) is 33.9. The summed E-state index contributed by atoms with van der Waals surface area (Å²) in [6, 6.07) is 3.41. The standard InChI is InChI=1S/C21H22ClF2N7O3/c22-13-3-1-2-10(17(13)24)5-27-21(34)14-4-11(23)6-31(14)15(32)8-30-7-12(19(26)33)16-18(25)28-9-29-20(16)30/h1-3,7,9,11,14-15,32H,4-6,8H2,(H2,26,33)(H,27,34)(H2,25,28,29)/t11-,14+,15?/m1/s1. The van der Waals surface area contributed by atoms with Gasteiger partial charge < -0.3 is 26.5 Å². The number of hydrogen-bond acceptors (Lipinski definition) is 7. The second-order valence-corrected chi connectivity index (χ2v) is 8.38. The number of aromatic nitrogens is 3. The number of fused-ring (bicyclic) bond motifs is 1. The number of amides is 2. The molecule has 0 bridgehead atoms. The van der Waals surface area contributed by atoms with Gasteiger partial charge in [0, 0.05) is 31.3 Å². The van der Waals surface area contributed by atoms with Gasteiger partial charge in [-0.2, -0.15) is 0 Å². The monoisotopic (exact) mass is 493 g/mol. The lowest BCUT2D eigenvalue weighted by molar-refractivity contribution is -0.130. The van der Waals surface area contributed by atoms with E-state index in [0.29, 0.717) is 0 Å². The largest absolute Gasteiger partial charge is 0.383 e. The van der Waals surface area contributed by atoms with E-state index in [1.807, 2.05) is 0 Å². The summed E-state index contributed by atoms with van der Waals surface area (Å²) in [5.74, 6) is -1.93. The Balaban J connectivity index is 1.52. The van der Waals surface area contributed by atoms with Crippen molar-refractivity contribution in [1.82, 2.24) is 24.8 Å². The van der Waals surface area contributed by atoms with Crippen LogP contribution >= 0.6 is 11.6 Å². The van der Waals surface area contributed by atoms with Crippen molar-refractivity contribution in [3.8, 4) is 0 Å². The number of alkyl halides is 1. The summed E-state index contributed by atoms with van der Waals surface area (Å²) < 4.78 is 29.8. The zero-order chi connectivity index (χ0) is 24.6. The normalized spacial score (nSPS) is 19.4. The lowest BCUT2D eigenvalue weighted by Gasteiger charge is -2.28. The van der Waals surface area contributed by atoms with Crippen LogP contribution in [0.2, 0.25) is 5.02 Å². The predicted molar refractivity (Wildman–Crippen MR) is 120 cm³/mol. The summed E-state index contributed by atoms with van der Waals surface area (Å²) in [7, 11) is 0. The molecule has 1 aromatic carbocycles. The molecule has 0 saturated carbocycles. The minimum Gasteiger partial charge on any atom is -0.383 e. The third-order valence-electron chi connectivity index (χ3n) is 5.77. The second-order valence-electron chi connectivity index (χ2n) is 7.97. The molecule has 1 fully saturated rings. The number of carbonyl (C=O) groups excluding carboxylic acids is 2. The van der Waals surface area contributed by atoms with Crippen molar-refractivity contribution in [2.45, 2.75) is 38.0 Å². The number of primary amides is 1. The van der Waals surface area contributed by atoms with Gasteiger partial charge in [-0.25, -0.2) is 18.7 Å². The lowest BCUT2D eigenvalue weighted by Crippen LogP contribution is -2.49. The van der Waals surface area contributed by atoms with Gasteiger partial charge in [0.05, 0.1) is 28.6 Å². The number of carbonyl (C=O) groups is 2. The maximum atomic E-state index is 14.3. The van der Waals surface area contributed by atoms with Gasteiger partial charge >= 0.3 is 0 Å². The molecule has 1 aliphatic rings. The van der Waals surface area contributed by atoms with Crippen LogP contribution in [0, 0.1) is 5.82 Å². The number of aliphatic hydroxyl groups excluding tert-OH is 1. The number of nitrogens with two attached hydrogens (primary N) is 2. The third-order valence-corrected chi connectivity index (χ3v) is 6.06. The van der Waals surface area contributed by atoms with Gasteiger partial charge in [0.25, 0.3) is 5.91 Å². The fourth-order valence-corrected chi connectivity index (χ4v) is 4.33. The van der Waals surface area contributed by atoms with Gasteiger partial charge in [-0.05, 0) is 6.07 Å². The Morgan fingerprint density at radius 3 is 2.85 bits per heavy atom. The summed E-state index contributed by atoms with van der Waals surface area (Å²) in [6.45, 7) is -0.494. The number of anilines is 1. The Bertz CT molecular complexity index is 1250. The van der Waals surface area contributed by atoms with Crippen LogP contribution in [0.5, 0.6) is 0 Å². The lowest BCUT2D eigenvalue weighted by atomic mass is 10.1. The van der Waals surface area contributed by atoms with E-state index in [0.717, 1.165) is 0 Å². The highest BCUT2D eigenvalue weighted by molar-refractivity contribution is 6.30. The van der Waals surface area contributed by atoms with Crippen LogP contribution in [0.25, 0.3) is 11.0 Å². The van der Waals surface area contributed by atoms with Crippen molar-refractivity contribution in [2.24, 2.45) is 5.73 Å². The van der Waals surface area contributed by atoms with Gasteiger partial charge in [-0.1, -0.05) is 23.7 Å². The number of hydrogen-bond donors (Lipinski definition) is 4. The van der Waals surface area contributed by atoms with E-state index in [4.69, 9.17) is 23.1 Å². The second kappa shape index (κ2) is 9.49. The van der Waals surface area contributed by atoms with Gasteiger partial charge in [0.15, 0.2) is 0 Å². The first-order valence-electron chi connectivity index (χ1n) is 10.3. The number of aliphatic hydroxyl groups is 1. The van der Waals surface area contributed by atoms with E-state index in [1.54, 1.807) is 6.07 Å². The smallest absolute Gasteiger partial charge is 0.251 e. The average molecular weight is 494 g/mol. The Morgan fingerprint density at radius 2 is 2.12 bits per heavy atom. The van der Waals surface area contributed by atoms with E-state index in [1.165, 1.54) is 34.1 Å². The van der Waals surface area contributed by atoms with Crippen molar-refractivity contribution >= 4 is 40.3 Å². The van der Waals surface area contributed by atoms with Gasteiger partial charge in [0.1, 0.15) is 36.0 Å². The zero-order valence-electron chi connectivity index (χ0n) is 17.8. The number of benzene rings is 1. The van der Waals surface area contributed by atoms with Gasteiger partial charge in [-0.15, -0.1) is 0 Å². The molecule has 2 aromatic heterocycles. The molecule has 0 spiro atoms. The first-order valence-corrected chi connectivity index (χ1v) is 10.7. The zero-order valence-corrected chi connectivity index (χ0v) is 18.5. The molecule has 2 amide bonds. The Hall–Kier alpha value is -3.35. The molecular formula is C21H22ClF2N7O3. The highest BCUT2D eigenvalue weighted by Gasteiger charge is 2.40. The molecule has 3 heterocycles. The number of rotatable bonds is 7. The van der Waals surface area contributed by atoms with Crippen molar-refractivity contribution in [1.29, 1.82) is 0 Å². The van der Waals surface area contributed by atoms with E-state index < -0.39 is 36.1 Å². The van der Waals surface area contributed by atoms with Crippen molar-refractivity contribution in [2.75, 3.05) is 12.3 Å². The van der Waals surface area contributed by atoms with Gasteiger partial charge in [0.2, 0.25) is 5.91 Å². The predicted octanol–water partition coefficient (Wildman–Crippen LogP) is 0.952. The Labute approximate surface area is 197 Å². The fraction of sp³-hybridized carbons (Fsp3) is 0.333. The van der Waals surface area contributed by atoms with Crippen LogP contribution in [-0.2, 0) is 17.9 Å². The molecule has 10 nitrogen and oxygen atoms in total. The number of likely N-dealkylation sites (tertiary alicyclic amines) is 1. The molecule has 180 valence electrons. The van der Waals surface area contributed by atoms with Crippen LogP contribution in [-0.4, -0.2) is 61.3 Å². The first kappa shape index (κ1) is 23.8. The molecule has 0 aliphatic carbocycles. The maximum absolute atomic E-state index is 14.3. The van der Waals surface area contributed by atoms with E-state index >= 15 is 0 Å². The summed E-state index contributed by atoms with van der Waals surface area (Å²) >= 11 is 5.76. The number of nitrogens with one attached hydrogen (secondary N) is 1. The molecule has 0 radical (unpaired) electrons. The minimum atomic E-state index is -1.35. The molecule has 34 heavy (non-hydrogen) atoms. The van der Waals surface area contributed by atoms with Crippen molar-refractivity contribution in [3.63, 3.8) is 0 Å². The molecule has 6 N–H and O–H groups in total. The molecular weight excluding hydrogens is 472 g/mol. The molecule has 3 aromatic rings. The van der Waals surface area contributed by atoms with Crippen LogP contribution in [0.3, 0.4) is 0 Å². The number of nitrogen functional groups attached to an aromatic ring is 1. The highest BCUT2D eigenvalue weighted by Crippen LogP contribution is 2.27. The molecule has 13 heteroatoms. The van der Waals surface area contributed by atoms with Crippen molar-refractivity contribution in [3.05, 3.63) is 52.7 Å². The Kier molecular flexibility index (Phi) is 6.64. The van der Waals surface area contributed by atoms with Crippen LogP contribution in [0.4, 0.5) is 14.6 Å². The first-order chi connectivity index (χ1) is 16.2. The molecule has 1 aliphatic heterocycles.